The van der Waals surface area contributed by atoms with Crippen molar-refractivity contribution in [3.8, 4) is 0 Å². The molecule has 0 aromatic heterocycles. The van der Waals surface area contributed by atoms with Crippen LogP contribution in [0, 0.1) is 0 Å². The molecule has 4 unspecified atom stereocenters. The number of nitrogens with zero attached hydrogens (tertiary/aromatic N) is 1. The van der Waals surface area contributed by atoms with Gasteiger partial charge in [-0.3, -0.25) is 4.48 Å². The molecule has 19 heavy (non-hydrogen) atoms. The van der Waals surface area contributed by atoms with Gasteiger partial charge in [0.25, 0.3) is 0 Å². The Hall–Kier alpha value is -1.26. The number of aliphatic hydroxyl groups excluding tert-OH is 4. The van der Waals surface area contributed by atoms with Crippen LogP contribution in [0.25, 0.3) is 0 Å². The van der Waals surface area contributed by atoms with Crippen molar-refractivity contribution < 1.29 is 44.7 Å². The highest BCUT2D eigenvalue weighted by Gasteiger charge is 2.26. The summed E-state index contributed by atoms with van der Waals surface area (Å²) in [5, 5.41) is 52.3. The number of aliphatic hydroxyl groups is 4. The van der Waals surface area contributed by atoms with Crippen molar-refractivity contribution in [3.05, 3.63) is 0 Å². The maximum Gasteiger partial charge on any atom is 0.335 e. The van der Waals surface area contributed by atoms with E-state index in [9.17, 15) is 14.7 Å². The van der Waals surface area contributed by atoms with Gasteiger partial charge in [-0.05, 0) is 0 Å². The fourth-order valence-corrected chi connectivity index (χ4v) is 0.576. The molecule has 0 amide bonds. The van der Waals surface area contributed by atoms with E-state index in [-0.39, 0.29) is 4.48 Å². The zero-order chi connectivity index (χ0) is 16.0. The molecule has 0 bridgehead atoms. The van der Waals surface area contributed by atoms with Crippen LogP contribution in [-0.2, 0) is 9.59 Å². The van der Waals surface area contributed by atoms with Crippen LogP contribution in [-0.4, -0.2) is 80.7 Å². The summed E-state index contributed by atoms with van der Waals surface area (Å²) < 4.78 is 0.222. The average molecular weight is 283 g/mol. The van der Waals surface area contributed by atoms with Crippen molar-refractivity contribution in [1.82, 2.24) is 0 Å². The molecule has 0 heterocycles. The van der Waals surface area contributed by atoms with Gasteiger partial charge in [-0.25, -0.2) is 4.79 Å². The molecule has 4 atom stereocenters. The van der Waals surface area contributed by atoms with Gasteiger partial charge in [-0.2, -0.15) is 0 Å². The van der Waals surface area contributed by atoms with E-state index in [2.05, 4.69) is 0 Å². The monoisotopic (exact) mass is 283 g/mol. The average Bonchev–Trinajstić information content (AvgIpc) is 2.26. The Labute approximate surface area is 110 Å². The van der Waals surface area contributed by atoms with E-state index in [1.807, 2.05) is 0 Å². The van der Waals surface area contributed by atoms with E-state index in [4.69, 9.17) is 25.5 Å². The number of aliphatic carboxylic acids is 2. The lowest BCUT2D eigenvalue weighted by Crippen LogP contribution is -2.53. The van der Waals surface area contributed by atoms with Crippen LogP contribution in [0.15, 0.2) is 0 Å². The van der Waals surface area contributed by atoms with E-state index in [0.717, 1.165) is 0 Å². The van der Waals surface area contributed by atoms with Crippen molar-refractivity contribution in [1.29, 1.82) is 0 Å². The second kappa shape index (κ2) is 8.02. The van der Waals surface area contributed by atoms with E-state index < -0.39 is 36.6 Å². The standard InChI is InChI=1S/C6H16NO2.C4H6O6/c1-5(8)7(3,4)6(2)9;5-1(3(7)8)2(6)4(9)10/h5-6,8-9H,1-4H3;1-2,5-6H,(H,7,8)(H,9,10)/q+1;/p-1. The Morgan fingerprint density at radius 2 is 1.26 bits per heavy atom. The molecule has 0 aliphatic heterocycles. The zero-order valence-electron chi connectivity index (χ0n) is 11.2. The van der Waals surface area contributed by atoms with Crippen molar-refractivity contribution in [2.24, 2.45) is 0 Å². The first kappa shape index (κ1) is 20.1. The maximum atomic E-state index is 9.74. The lowest BCUT2D eigenvalue weighted by atomic mass is 10.2. The number of rotatable bonds is 5. The number of hydrogen-bond acceptors (Lipinski definition) is 7. The number of quaternary nitrogens is 1. The minimum Gasteiger partial charge on any atom is -0.547 e. The van der Waals surface area contributed by atoms with Gasteiger partial charge < -0.3 is 35.4 Å². The summed E-state index contributed by atoms with van der Waals surface area (Å²) in [5.41, 5.74) is 0. The molecule has 0 fully saturated rings. The molecule has 0 rings (SSSR count). The molecule has 0 aliphatic rings. The summed E-state index contributed by atoms with van der Waals surface area (Å²) in [7, 11) is 3.55. The topological polar surface area (TPSA) is 158 Å². The van der Waals surface area contributed by atoms with Gasteiger partial charge in [0, 0.05) is 13.8 Å². The minimum atomic E-state index is -2.38. The van der Waals surface area contributed by atoms with Gasteiger partial charge in [-0.1, -0.05) is 0 Å². The summed E-state index contributed by atoms with van der Waals surface area (Å²) in [6, 6.07) is 0. The Bertz CT molecular complexity index is 274. The van der Waals surface area contributed by atoms with Gasteiger partial charge in [-0.15, -0.1) is 0 Å². The molecule has 0 saturated heterocycles. The summed E-state index contributed by atoms with van der Waals surface area (Å²) in [6.45, 7) is 3.32. The second-order valence-electron chi connectivity index (χ2n) is 4.44. The molecule has 0 aromatic carbocycles. The van der Waals surface area contributed by atoms with E-state index in [1.165, 1.54) is 0 Å². The van der Waals surface area contributed by atoms with Gasteiger partial charge in [0.2, 0.25) is 0 Å². The Kier molecular flexibility index (Phi) is 8.47. The van der Waals surface area contributed by atoms with Crippen LogP contribution < -0.4 is 5.11 Å². The largest absolute Gasteiger partial charge is 0.547 e. The number of carbonyl (C=O) groups excluding carboxylic acids is 1. The van der Waals surface area contributed by atoms with E-state index >= 15 is 0 Å². The number of hydrogen-bond donors (Lipinski definition) is 5. The van der Waals surface area contributed by atoms with E-state index in [0.29, 0.717) is 0 Å². The van der Waals surface area contributed by atoms with Crippen molar-refractivity contribution in [2.75, 3.05) is 14.1 Å². The summed E-state index contributed by atoms with van der Waals surface area (Å²) >= 11 is 0. The third-order valence-electron chi connectivity index (χ3n) is 2.72. The third kappa shape index (κ3) is 7.03. The van der Waals surface area contributed by atoms with E-state index in [1.54, 1.807) is 27.9 Å². The molecule has 0 spiro atoms. The highest BCUT2D eigenvalue weighted by Crippen LogP contribution is 2.07. The molecule has 0 aromatic rings. The molecular weight excluding hydrogens is 262 g/mol. The fourth-order valence-electron chi connectivity index (χ4n) is 0.576. The van der Waals surface area contributed by atoms with Crippen LogP contribution in [0.1, 0.15) is 13.8 Å². The van der Waals surface area contributed by atoms with Gasteiger partial charge in [0.05, 0.1) is 20.1 Å². The number of carboxylic acids is 2. The number of carboxylic acid groups (broad SMARTS) is 2. The first-order valence-corrected chi connectivity index (χ1v) is 5.34. The molecule has 0 radical (unpaired) electrons. The van der Waals surface area contributed by atoms with Crippen LogP contribution in [0.5, 0.6) is 0 Å². The predicted molar refractivity (Wildman–Crippen MR) is 60.1 cm³/mol. The molecular formula is C10H21NO8. The van der Waals surface area contributed by atoms with Crippen LogP contribution in [0.4, 0.5) is 0 Å². The summed E-state index contributed by atoms with van der Waals surface area (Å²) in [6.07, 6.45) is -5.75. The minimum absolute atomic E-state index is 0.222. The molecule has 9 nitrogen and oxygen atoms in total. The van der Waals surface area contributed by atoms with Crippen LogP contribution in [0.2, 0.25) is 0 Å². The number of carbonyl (C=O) groups is 2. The smallest absolute Gasteiger partial charge is 0.335 e. The van der Waals surface area contributed by atoms with Gasteiger partial charge in [0.15, 0.2) is 18.6 Å². The van der Waals surface area contributed by atoms with Crippen LogP contribution in [0.3, 0.4) is 0 Å². The van der Waals surface area contributed by atoms with Crippen molar-refractivity contribution >= 4 is 11.9 Å². The predicted octanol–water partition coefficient (Wildman–Crippen LogP) is -3.72. The van der Waals surface area contributed by atoms with Crippen molar-refractivity contribution in [3.63, 3.8) is 0 Å². The Morgan fingerprint density at radius 1 is 0.947 bits per heavy atom. The SMILES string of the molecule is CC(O)[N+](C)(C)C(C)O.O=C([O-])C(O)C(O)C(=O)O. The lowest BCUT2D eigenvalue weighted by Gasteiger charge is -2.35. The first-order chi connectivity index (χ1) is 8.35. The fraction of sp³-hybridized carbons (Fsp3) is 0.800. The second-order valence-corrected chi connectivity index (χ2v) is 4.44. The Morgan fingerprint density at radius 3 is 1.32 bits per heavy atom. The molecule has 9 heteroatoms. The molecule has 5 N–H and O–H groups in total. The molecule has 0 aliphatic carbocycles. The quantitative estimate of drug-likeness (QED) is 0.254. The third-order valence-corrected chi connectivity index (χ3v) is 2.72. The molecule has 114 valence electrons. The van der Waals surface area contributed by atoms with Gasteiger partial charge in [0.1, 0.15) is 6.10 Å². The first-order valence-electron chi connectivity index (χ1n) is 5.34. The maximum absolute atomic E-state index is 9.74. The Balaban J connectivity index is 0. The van der Waals surface area contributed by atoms with Crippen LogP contribution >= 0.6 is 0 Å². The normalized spacial score (nSPS) is 17.5. The van der Waals surface area contributed by atoms with Gasteiger partial charge >= 0.3 is 5.97 Å². The highest BCUT2D eigenvalue weighted by molar-refractivity contribution is 5.81. The van der Waals surface area contributed by atoms with Crippen molar-refractivity contribution in [2.45, 2.75) is 38.5 Å². The highest BCUT2D eigenvalue weighted by atomic mass is 16.4. The molecule has 0 saturated carbocycles. The summed E-state index contributed by atoms with van der Waals surface area (Å²) in [4.78, 5) is 19.4. The summed E-state index contributed by atoms with van der Waals surface area (Å²) in [5.74, 6) is -3.83. The zero-order valence-corrected chi connectivity index (χ0v) is 11.2. The lowest BCUT2D eigenvalue weighted by molar-refractivity contribution is -0.974.